The second-order valence-corrected chi connectivity index (χ2v) is 4.07. The van der Waals surface area contributed by atoms with Crippen LogP contribution < -0.4 is 19.9 Å². The molecule has 0 spiro atoms. The lowest BCUT2D eigenvalue weighted by Gasteiger charge is -2.10. The first kappa shape index (κ1) is 14.6. The van der Waals surface area contributed by atoms with Gasteiger partial charge in [0.2, 0.25) is 5.88 Å². The molecule has 0 aliphatic carbocycles. The van der Waals surface area contributed by atoms with Gasteiger partial charge in [-0.25, -0.2) is 9.98 Å². The predicted molar refractivity (Wildman–Crippen MR) is 80.7 cm³/mol. The highest BCUT2D eigenvalue weighted by atomic mass is 16.5. The zero-order valence-electron chi connectivity index (χ0n) is 12.2. The molecule has 0 bridgehead atoms. The van der Waals surface area contributed by atoms with E-state index in [1.54, 1.807) is 51.7 Å². The number of nitrogens with zero attached hydrogens (tertiary/aromatic N) is 2. The van der Waals surface area contributed by atoms with Gasteiger partial charge in [-0.05, 0) is 18.2 Å². The lowest BCUT2D eigenvalue weighted by Crippen LogP contribution is -2.15. The molecule has 0 aliphatic rings. The summed E-state index contributed by atoms with van der Waals surface area (Å²) >= 11 is 0. The highest BCUT2D eigenvalue weighted by molar-refractivity contribution is 5.98. The van der Waals surface area contributed by atoms with Gasteiger partial charge in [-0.2, -0.15) is 0 Å². The summed E-state index contributed by atoms with van der Waals surface area (Å²) in [6, 6.07) is 10.7. The van der Waals surface area contributed by atoms with Gasteiger partial charge in [-0.15, -0.1) is 0 Å². The van der Waals surface area contributed by atoms with Gasteiger partial charge in [-0.3, -0.25) is 0 Å². The monoisotopic (exact) mass is 287 g/mol. The predicted octanol–water partition coefficient (Wildman–Crippen LogP) is 2.14. The van der Waals surface area contributed by atoms with E-state index >= 15 is 0 Å². The highest BCUT2D eigenvalue weighted by Gasteiger charge is 2.11. The largest absolute Gasteiger partial charge is 0.494 e. The Bertz CT molecular complexity index is 634. The Morgan fingerprint density at radius 2 is 1.57 bits per heavy atom. The molecule has 21 heavy (non-hydrogen) atoms. The van der Waals surface area contributed by atoms with E-state index in [4.69, 9.17) is 19.9 Å². The standard InChI is InChI=1S/C15H17N3O3/c1-19-11-7-5-8-12(20-2)14(11)18-15(16)10-6-4-9-13(17-10)21-3/h4-9H,1-3H3,(H2,16,18). The molecule has 2 aromatic rings. The fourth-order valence-electron chi connectivity index (χ4n) is 1.79. The first-order valence-corrected chi connectivity index (χ1v) is 6.26. The molecule has 110 valence electrons. The van der Waals surface area contributed by atoms with E-state index < -0.39 is 0 Å². The Morgan fingerprint density at radius 3 is 2.14 bits per heavy atom. The third-order valence-electron chi connectivity index (χ3n) is 2.83. The Balaban J connectivity index is 2.47. The Labute approximate surface area is 123 Å². The number of aliphatic imine (C=N–C) groups is 1. The van der Waals surface area contributed by atoms with Crippen LogP contribution in [-0.4, -0.2) is 32.1 Å². The molecule has 0 radical (unpaired) electrons. The molecule has 0 unspecified atom stereocenters. The van der Waals surface area contributed by atoms with Gasteiger partial charge in [0, 0.05) is 6.07 Å². The molecule has 0 saturated heterocycles. The number of pyridine rings is 1. The number of benzene rings is 1. The maximum absolute atomic E-state index is 6.02. The van der Waals surface area contributed by atoms with E-state index in [9.17, 15) is 0 Å². The van der Waals surface area contributed by atoms with Crippen molar-refractivity contribution in [3.05, 3.63) is 42.1 Å². The fourth-order valence-corrected chi connectivity index (χ4v) is 1.79. The van der Waals surface area contributed by atoms with Crippen LogP contribution in [0.3, 0.4) is 0 Å². The Morgan fingerprint density at radius 1 is 0.952 bits per heavy atom. The van der Waals surface area contributed by atoms with Crippen LogP contribution in [0.15, 0.2) is 41.4 Å². The van der Waals surface area contributed by atoms with Crippen molar-refractivity contribution in [1.29, 1.82) is 0 Å². The molecular weight excluding hydrogens is 270 g/mol. The van der Waals surface area contributed by atoms with Gasteiger partial charge in [-0.1, -0.05) is 12.1 Å². The zero-order chi connectivity index (χ0) is 15.2. The van der Waals surface area contributed by atoms with Gasteiger partial charge < -0.3 is 19.9 Å². The van der Waals surface area contributed by atoms with Crippen LogP contribution in [0.2, 0.25) is 0 Å². The van der Waals surface area contributed by atoms with Crippen molar-refractivity contribution >= 4 is 11.5 Å². The summed E-state index contributed by atoms with van der Waals surface area (Å²) in [6.45, 7) is 0. The smallest absolute Gasteiger partial charge is 0.213 e. The average molecular weight is 287 g/mol. The average Bonchev–Trinajstić information content (AvgIpc) is 2.54. The van der Waals surface area contributed by atoms with Gasteiger partial charge in [0.25, 0.3) is 0 Å². The summed E-state index contributed by atoms with van der Waals surface area (Å²) in [4.78, 5) is 8.61. The third kappa shape index (κ3) is 3.22. The summed E-state index contributed by atoms with van der Waals surface area (Å²) in [7, 11) is 4.67. The lowest BCUT2D eigenvalue weighted by atomic mass is 10.2. The molecule has 1 aromatic carbocycles. The van der Waals surface area contributed by atoms with Crippen molar-refractivity contribution in [2.45, 2.75) is 0 Å². The number of hydrogen-bond donors (Lipinski definition) is 1. The van der Waals surface area contributed by atoms with E-state index in [-0.39, 0.29) is 5.84 Å². The van der Waals surface area contributed by atoms with Crippen LogP contribution in [-0.2, 0) is 0 Å². The van der Waals surface area contributed by atoms with Gasteiger partial charge in [0.15, 0.2) is 5.84 Å². The van der Waals surface area contributed by atoms with Crippen LogP contribution in [0.5, 0.6) is 17.4 Å². The number of ether oxygens (including phenoxy) is 3. The highest BCUT2D eigenvalue weighted by Crippen LogP contribution is 2.37. The van der Waals surface area contributed by atoms with Gasteiger partial charge in [0.05, 0.1) is 21.3 Å². The molecular formula is C15H17N3O3. The molecule has 0 fully saturated rings. The summed E-state index contributed by atoms with van der Waals surface area (Å²) in [6.07, 6.45) is 0. The minimum Gasteiger partial charge on any atom is -0.494 e. The van der Waals surface area contributed by atoms with Gasteiger partial charge >= 0.3 is 0 Å². The van der Waals surface area contributed by atoms with Crippen LogP contribution in [0.25, 0.3) is 0 Å². The van der Waals surface area contributed by atoms with Crippen LogP contribution in [0.4, 0.5) is 5.69 Å². The van der Waals surface area contributed by atoms with Crippen molar-refractivity contribution in [3.63, 3.8) is 0 Å². The number of rotatable bonds is 5. The van der Waals surface area contributed by atoms with Crippen LogP contribution >= 0.6 is 0 Å². The molecule has 1 heterocycles. The topological polar surface area (TPSA) is 79.0 Å². The molecule has 0 atom stereocenters. The molecule has 0 saturated carbocycles. The van der Waals surface area contributed by atoms with Crippen molar-refractivity contribution in [1.82, 2.24) is 4.98 Å². The first-order chi connectivity index (χ1) is 10.2. The SMILES string of the molecule is COc1cccc(C(N)=Nc2c(OC)cccc2OC)n1. The number of nitrogens with two attached hydrogens (primary N) is 1. The van der Waals surface area contributed by atoms with Crippen molar-refractivity contribution in [2.75, 3.05) is 21.3 Å². The second kappa shape index (κ2) is 6.60. The Kier molecular flexibility index (Phi) is 4.61. The van der Waals surface area contributed by atoms with E-state index in [0.29, 0.717) is 28.8 Å². The van der Waals surface area contributed by atoms with Crippen molar-refractivity contribution < 1.29 is 14.2 Å². The van der Waals surface area contributed by atoms with Crippen LogP contribution in [0, 0.1) is 0 Å². The number of amidine groups is 1. The minimum absolute atomic E-state index is 0.247. The lowest BCUT2D eigenvalue weighted by molar-refractivity contribution is 0.397. The maximum Gasteiger partial charge on any atom is 0.213 e. The van der Waals surface area contributed by atoms with Gasteiger partial charge in [0.1, 0.15) is 22.9 Å². The number of para-hydroxylation sites is 1. The minimum atomic E-state index is 0.247. The zero-order valence-corrected chi connectivity index (χ0v) is 12.2. The fraction of sp³-hybridized carbons (Fsp3) is 0.200. The summed E-state index contributed by atoms with van der Waals surface area (Å²) in [5.41, 5.74) is 7.05. The maximum atomic E-state index is 6.02. The number of hydrogen-bond acceptors (Lipinski definition) is 5. The molecule has 6 nitrogen and oxygen atoms in total. The van der Waals surface area contributed by atoms with Crippen molar-refractivity contribution in [2.24, 2.45) is 10.7 Å². The normalized spacial score (nSPS) is 11.1. The molecule has 1 aromatic heterocycles. The molecule has 0 aliphatic heterocycles. The molecule has 2 N–H and O–H groups in total. The van der Waals surface area contributed by atoms with E-state index in [0.717, 1.165) is 0 Å². The van der Waals surface area contributed by atoms with Crippen molar-refractivity contribution in [3.8, 4) is 17.4 Å². The number of aromatic nitrogens is 1. The van der Waals surface area contributed by atoms with E-state index in [1.165, 1.54) is 0 Å². The number of methoxy groups -OCH3 is 3. The quantitative estimate of drug-likeness (QED) is 0.673. The summed E-state index contributed by atoms with van der Waals surface area (Å²) in [5.74, 6) is 1.86. The van der Waals surface area contributed by atoms with Crippen LogP contribution in [0.1, 0.15) is 5.69 Å². The van der Waals surface area contributed by atoms with E-state index in [1.807, 2.05) is 6.07 Å². The summed E-state index contributed by atoms with van der Waals surface area (Å²) < 4.78 is 15.6. The molecule has 0 amide bonds. The summed E-state index contributed by atoms with van der Waals surface area (Å²) in [5, 5.41) is 0. The molecule has 6 heteroatoms. The molecule has 2 rings (SSSR count). The third-order valence-corrected chi connectivity index (χ3v) is 2.83. The van der Waals surface area contributed by atoms with E-state index in [2.05, 4.69) is 9.98 Å². The Hall–Kier alpha value is -2.76. The second-order valence-electron chi connectivity index (χ2n) is 4.07. The first-order valence-electron chi connectivity index (χ1n) is 6.26.